The van der Waals surface area contributed by atoms with Crippen molar-refractivity contribution in [3.05, 3.63) is 0 Å². The topological polar surface area (TPSA) is 56.3 Å². The largest absolute Gasteiger partial charge is 0.441 e. The molecule has 3 heterocycles. The van der Waals surface area contributed by atoms with Gasteiger partial charge >= 0.3 is 6.09 Å². The van der Waals surface area contributed by atoms with Crippen molar-refractivity contribution < 1.29 is 14.3 Å². The van der Waals surface area contributed by atoms with Gasteiger partial charge in [-0.1, -0.05) is 13.8 Å². The maximum absolute atomic E-state index is 12.9. The van der Waals surface area contributed by atoms with Crippen molar-refractivity contribution in [3.63, 3.8) is 0 Å². The van der Waals surface area contributed by atoms with Crippen molar-refractivity contribution in [1.82, 2.24) is 19.6 Å². The van der Waals surface area contributed by atoms with Gasteiger partial charge in [0.1, 0.15) is 5.60 Å². The van der Waals surface area contributed by atoms with Gasteiger partial charge in [0.2, 0.25) is 5.91 Å². The van der Waals surface area contributed by atoms with E-state index in [1.165, 1.54) is 0 Å². The fraction of sp³-hybridized carbons (Fsp3) is 0.909. The van der Waals surface area contributed by atoms with Crippen LogP contribution >= 0.6 is 0 Å². The summed E-state index contributed by atoms with van der Waals surface area (Å²) in [7, 11) is 4.23. The van der Waals surface area contributed by atoms with E-state index >= 15 is 0 Å². The van der Waals surface area contributed by atoms with Crippen LogP contribution in [0.3, 0.4) is 0 Å². The van der Waals surface area contributed by atoms with Crippen LogP contribution in [0, 0.1) is 11.8 Å². The summed E-state index contributed by atoms with van der Waals surface area (Å²) in [5.41, 5.74) is -0.388. The number of nitrogens with zero attached hydrogens (tertiary/aromatic N) is 4. The standard InChI is InChI=1S/C22H40N4O3/c1-18(2)15-23(3)11-6-12-26-17-22(29-21(26)28)8-13-25(14-9-22)20(27)19-7-5-10-24(4)16-19/h18-19H,5-17H2,1-4H3. The van der Waals surface area contributed by atoms with Crippen molar-refractivity contribution in [1.29, 1.82) is 0 Å². The molecule has 0 radical (unpaired) electrons. The lowest BCUT2D eigenvalue weighted by Gasteiger charge is -2.40. The Morgan fingerprint density at radius 2 is 2.00 bits per heavy atom. The molecule has 7 heteroatoms. The van der Waals surface area contributed by atoms with Crippen LogP contribution in [-0.4, -0.2) is 104 Å². The number of likely N-dealkylation sites (tertiary alicyclic amines) is 2. The number of hydrogen-bond acceptors (Lipinski definition) is 5. The fourth-order valence-electron chi connectivity index (χ4n) is 5.13. The first-order chi connectivity index (χ1) is 13.8. The van der Waals surface area contributed by atoms with E-state index in [1.807, 2.05) is 9.80 Å². The number of hydrogen-bond donors (Lipinski definition) is 0. The SMILES string of the molecule is CC(C)CN(C)CCCN1CC2(CCN(C(=O)C3CCCN(C)C3)CC2)OC1=O. The Balaban J connectivity index is 1.43. The van der Waals surface area contributed by atoms with E-state index in [0.29, 0.717) is 31.5 Å². The molecule has 3 aliphatic heterocycles. The van der Waals surface area contributed by atoms with Crippen LogP contribution in [0.25, 0.3) is 0 Å². The van der Waals surface area contributed by atoms with E-state index in [1.54, 1.807) is 0 Å². The first-order valence-corrected chi connectivity index (χ1v) is 11.4. The number of carbonyl (C=O) groups is 2. The Morgan fingerprint density at radius 1 is 1.28 bits per heavy atom. The van der Waals surface area contributed by atoms with Gasteiger partial charge in [0.15, 0.2) is 0 Å². The molecule has 7 nitrogen and oxygen atoms in total. The van der Waals surface area contributed by atoms with Crippen molar-refractivity contribution in [2.75, 3.05) is 66.5 Å². The van der Waals surface area contributed by atoms with Gasteiger partial charge < -0.3 is 24.3 Å². The van der Waals surface area contributed by atoms with Gasteiger partial charge in [-0.05, 0) is 52.4 Å². The number of amides is 2. The Hall–Kier alpha value is -1.34. The number of rotatable bonds is 7. The van der Waals surface area contributed by atoms with E-state index in [9.17, 15) is 9.59 Å². The molecule has 3 saturated heterocycles. The van der Waals surface area contributed by atoms with E-state index in [2.05, 4.69) is 37.7 Å². The summed E-state index contributed by atoms with van der Waals surface area (Å²) < 4.78 is 5.84. The molecule has 0 aromatic rings. The first kappa shape index (κ1) is 22.3. The van der Waals surface area contributed by atoms with Gasteiger partial charge in [-0.3, -0.25) is 4.79 Å². The molecule has 3 fully saturated rings. The van der Waals surface area contributed by atoms with E-state index in [-0.39, 0.29) is 17.6 Å². The fourth-order valence-corrected chi connectivity index (χ4v) is 5.13. The van der Waals surface area contributed by atoms with E-state index in [4.69, 9.17) is 4.74 Å². The van der Waals surface area contributed by atoms with Gasteiger partial charge in [-0.2, -0.15) is 0 Å². The molecule has 3 aliphatic rings. The summed E-state index contributed by atoms with van der Waals surface area (Å²) in [4.78, 5) is 33.8. The molecule has 1 spiro atoms. The maximum Gasteiger partial charge on any atom is 0.410 e. The summed E-state index contributed by atoms with van der Waals surface area (Å²) in [5.74, 6) is 1.08. The van der Waals surface area contributed by atoms with Crippen LogP contribution in [0.4, 0.5) is 4.79 Å². The zero-order chi connectivity index (χ0) is 21.0. The highest BCUT2D eigenvalue weighted by atomic mass is 16.6. The first-order valence-electron chi connectivity index (χ1n) is 11.4. The summed E-state index contributed by atoms with van der Waals surface area (Å²) in [6.07, 6.45) is 4.41. The molecule has 0 saturated carbocycles. The second-order valence-electron chi connectivity index (χ2n) is 9.91. The minimum atomic E-state index is -0.388. The molecule has 0 N–H and O–H groups in total. The van der Waals surface area contributed by atoms with Crippen molar-refractivity contribution in [2.45, 2.75) is 51.6 Å². The predicted molar refractivity (Wildman–Crippen MR) is 114 cm³/mol. The van der Waals surface area contributed by atoms with Gasteiger partial charge in [0.05, 0.1) is 12.5 Å². The average Bonchev–Trinajstić information content (AvgIpc) is 2.96. The third kappa shape index (κ3) is 5.85. The molecule has 166 valence electrons. The third-order valence-corrected chi connectivity index (χ3v) is 6.65. The lowest BCUT2D eigenvalue weighted by Crippen LogP contribution is -2.51. The van der Waals surface area contributed by atoms with Crippen LogP contribution in [0.5, 0.6) is 0 Å². The Bertz CT molecular complexity index is 574. The van der Waals surface area contributed by atoms with Gasteiger partial charge in [0.25, 0.3) is 0 Å². The highest BCUT2D eigenvalue weighted by molar-refractivity contribution is 5.79. The lowest BCUT2D eigenvalue weighted by atomic mass is 9.89. The smallest absolute Gasteiger partial charge is 0.410 e. The molecule has 0 aromatic heterocycles. The number of ether oxygens (including phenoxy) is 1. The summed E-state index contributed by atoms with van der Waals surface area (Å²) in [6, 6.07) is 0. The molecular formula is C22H40N4O3. The summed E-state index contributed by atoms with van der Waals surface area (Å²) >= 11 is 0. The zero-order valence-corrected chi connectivity index (χ0v) is 18.9. The maximum atomic E-state index is 12.9. The Labute approximate surface area is 176 Å². The second kappa shape index (κ2) is 9.65. The molecule has 0 aliphatic carbocycles. The highest BCUT2D eigenvalue weighted by Gasteiger charge is 2.47. The minimum Gasteiger partial charge on any atom is -0.441 e. The van der Waals surface area contributed by atoms with Crippen LogP contribution in [0.1, 0.15) is 46.0 Å². The molecule has 0 bridgehead atoms. The van der Waals surface area contributed by atoms with E-state index in [0.717, 1.165) is 64.8 Å². The number of carbonyl (C=O) groups excluding carboxylic acids is 2. The predicted octanol–water partition coefficient (Wildman–Crippen LogP) is 2.12. The minimum absolute atomic E-state index is 0.133. The molecular weight excluding hydrogens is 368 g/mol. The summed E-state index contributed by atoms with van der Waals surface area (Å²) in [5, 5.41) is 0. The highest BCUT2D eigenvalue weighted by Crippen LogP contribution is 2.34. The Kier molecular flexibility index (Phi) is 7.43. The monoisotopic (exact) mass is 408 g/mol. The van der Waals surface area contributed by atoms with Crippen LogP contribution in [0.15, 0.2) is 0 Å². The lowest BCUT2D eigenvalue weighted by molar-refractivity contribution is -0.140. The quantitative estimate of drug-likeness (QED) is 0.646. The van der Waals surface area contributed by atoms with Crippen molar-refractivity contribution >= 4 is 12.0 Å². The molecule has 0 aromatic carbocycles. The van der Waals surface area contributed by atoms with Gasteiger partial charge in [-0.25, -0.2) is 4.79 Å². The van der Waals surface area contributed by atoms with Crippen molar-refractivity contribution in [2.24, 2.45) is 11.8 Å². The third-order valence-electron chi connectivity index (χ3n) is 6.65. The van der Waals surface area contributed by atoms with Gasteiger partial charge in [0, 0.05) is 45.6 Å². The Morgan fingerprint density at radius 3 is 2.66 bits per heavy atom. The normalized spacial score (nSPS) is 25.3. The van der Waals surface area contributed by atoms with Crippen LogP contribution < -0.4 is 0 Å². The van der Waals surface area contributed by atoms with E-state index < -0.39 is 0 Å². The molecule has 1 atom stereocenters. The molecule has 3 rings (SSSR count). The van der Waals surface area contributed by atoms with Crippen LogP contribution in [-0.2, 0) is 9.53 Å². The van der Waals surface area contributed by atoms with Crippen molar-refractivity contribution in [3.8, 4) is 0 Å². The summed E-state index contributed by atoms with van der Waals surface area (Å²) in [6.45, 7) is 11.3. The van der Waals surface area contributed by atoms with Crippen LogP contribution in [0.2, 0.25) is 0 Å². The number of piperidine rings is 2. The zero-order valence-electron chi connectivity index (χ0n) is 18.9. The second-order valence-corrected chi connectivity index (χ2v) is 9.91. The molecule has 2 amide bonds. The van der Waals surface area contributed by atoms with Gasteiger partial charge in [-0.15, -0.1) is 0 Å². The molecule has 1 unspecified atom stereocenters. The molecule has 29 heavy (non-hydrogen) atoms. The average molecular weight is 409 g/mol.